The summed E-state index contributed by atoms with van der Waals surface area (Å²) in [5.74, 6) is -0.406. The van der Waals surface area contributed by atoms with Crippen molar-refractivity contribution in [3.8, 4) is 0 Å². The Bertz CT molecular complexity index is 1040. The molecule has 2 heterocycles. The molecule has 0 aliphatic heterocycles. The lowest BCUT2D eigenvalue weighted by Gasteiger charge is -2.14. The molecule has 0 spiro atoms. The van der Waals surface area contributed by atoms with E-state index >= 15 is 0 Å². The van der Waals surface area contributed by atoms with Crippen LogP contribution in [0.1, 0.15) is 48.4 Å². The lowest BCUT2D eigenvalue weighted by Crippen LogP contribution is -2.16. The van der Waals surface area contributed by atoms with Crippen molar-refractivity contribution in [1.29, 1.82) is 0 Å². The summed E-state index contributed by atoms with van der Waals surface area (Å²) in [6, 6.07) is 7.39. The molecule has 0 fully saturated rings. The average molecular weight is 365 g/mol. The van der Waals surface area contributed by atoms with Gasteiger partial charge in [0.15, 0.2) is 5.65 Å². The number of benzene rings is 1. The number of fused-ring (bicyclic) bond motifs is 1. The van der Waals surface area contributed by atoms with Crippen molar-refractivity contribution in [3.63, 3.8) is 0 Å². The van der Waals surface area contributed by atoms with Gasteiger partial charge in [0.1, 0.15) is 0 Å². The van der Waals surface area contributed by atoms with Crippen molar-refractivity contribution in [3.05, 3.63) is 47.3 Å². The first kappa shape index (κ1) is 18.6. The van der Waals surface area contributed by atoms with E-state index in [9.17, 15) is 9.59 Å². The fourth-order valence-electron chi connectivity index (χ4n) is 2.96. The van der Waals surface area contributed by atoms with E-state index in [0.29, 0.717) is 22.6 Å². The van der Waals surface area contributed by atoms with Crippen molar-refractivity contribution in [2.24, 2.45) is 0 Å². The van der Waals surface area contributed by atoms with E-state index in [1.807, 2.05) is 38.4 Å². The van der Waals surface area contributed by atoms with Crippen molar-refractivity contribution in [2.75, 3.05) is 10.6 Å². The number of carbonyl (C=O) groups excluding carboxylic acids is 2. The van der Waals surface area contributed by atoms with Crippen LogP contribution in [0.4, 0.5) is 11.4 Å². The van der Waals surface area contributed by atoms with Gasteiger partial charge in [-0.2, -0.15) is 5.10 Å². The van der Waals surface area contributed by atoms with Gasteiger partial charge >= 0.3 is 0 Å². The van der Waals surface area contributed by atoms with Gasteiger partial charge in [-0.15, -0.1) is 0 Å². The Hall–Kier alpha value is -3.22. The quantitative estimate of drug-likeness (QED) is 0.735. The summed E-state index contributed by atoms with van der Waals surface area (Å²) in [5.41, 5.74) is 4.00. The van der Waals surface area contributed by atoms with Gasteiger partial charge in [-0.05, 0) is 51.5 Å². The first-order chi connectivity index (χ1) is 12.8. The number of rotatable bonds is 4. The SMILES string of the molecule is CC(=O)Nc1cccc(NC(=O)c2cc3cnn(C(C)C)c3nc2C)c1C. The van der Waals surface area contributed by atoms with Gasteiger partial charge < -0.3 is 10.6 Å². The molecule has 1 aromatic carbocycles. The van der Waals surface area contributed by atoms with Crippen LogP contribution in [0.5, 0.6) is 0 Å². The molecule has 3 aromatic rings. The van der Waals surface area contributed by atoms with Crippen LogP contribution < -0.4 is 10.6 Å². The highest BCUT2D eigenvalue weighted by atomic mass is 16.2. The first-order valence-corrected chi connectivity index (χ1v) is 8.81. The maximum Gasteiger partial charge on any atom is 0.257 e. The molecule has 140 valence electrons. The predicted octanol–water partition coefficient (Wildman–Crippen LogP) is 3.84. The number of pyridine rings is 1. The highest BCUT2D eigenvalue weighted by Gasteiger charge is 2.16. The van der Waals surface area contributed by atoms with E-state index in [-0.39, 0.29) is 17.9 Å². The molecule has 3 rings (SSSR count). The lowest BCUT2D eigenvalue weighted by molar-refractivity contribution is -0.114. The average Bonchev–Trinajstić information content (AvgIpc) is 3.00. The molecule has 7 heteroatoms. The van der Waals surface area contributed by atoms with Gasteiger partial charge in [0.25, 0.3) is 5.91 Å². The second-order valence-electron chi connectivity index (χ2n) is 6.83. The Balaban J connectivity index is 1.93. The third kappa shape index (κ3) is 3.67. The van der Waals surface area contributed by atoms with Gasteiger partial charge in [-0.1, -0.05) is 6.07 Å². The van der Waals surface area contributed by atoms with Gasteiger partial charge in [0, 0.05) is 29.7 Å². The zero-order valence-electron chi connectivity index (χ0n) is 16.1. The zero-order valence-corrected chi connectivity index (χ0v) is 16.1. The Morgan fingerprint density at radius 3 is 2.41 bits per heavy atom. The Kier molecular flexibility index (Phi) is 4.94. The molecule has 0 saturated heterocycles. The fraction of sp³-hybridized carbons (Fsp3) is 0.300. The van der Waals surface area contributed by atoms with E-state index in [1.54, 1.807) is 24.4 Å². The molecule has 2 amide bonds. The monoisotopic (exact) mass is 365 g/mol. The molecule has 2 N–H and O–H groups in total. The van der Waals surface area contributed by atoms with Crippen LogP contribution in [0.2, 0.25) is 0 Å². The number of nitrogens with zero attached hydrogens (tertiary/aromatic N) is 3. The zero-order chi connectivity index (χ0) is 19.7. The number of aromatic nitrogens is 3. The largest absolute Gasteiger partial charge is 0.326 e. The van der Waals surface area contributed by atoms with Crippen molar-refractivity contribution < 1.29 is 9.59 Å². The summed E-state index contributed by atoms with van der Waals surface area (Å²) in [5, 5.41) is 10.9. The number of amides is 2. The second-order valence-corrected chi connectivity index (χ2v) is 6.83. The summed E-state index contributed by atoms with van der Waals surface area (Å²) in [6.45, 7) is 9.19. The molecule has 2 aromatic heterocycles. The molecule has 7 nitrogen and oxygen atoms in total. The van der Waals surface area contributed by atoms with E-state index in [1.165, 1.54) is 6.92 Å². The van der Waals surface area contributed by atoms with E-state index < -0.39 is 0 Å². The van der Waals surface area contributed by atoms with E-state index in [0.717, 1.165) is 16.6 Å². The predicted molar refractivity (Wildman–Crippen MR) is 106 cm³/mol. The highest BCUT2D eigenvalue weighted by Crippen LogP contribution is 2.25. The molecular weight excluding hydrogens is 342 g/mol. The van der Waals surface area contributed by atoms with Crippen LogP contribution in [-0.2, 0) is 4.79 Å². The summed E-state index contributed by atoms with van der Waals surface area (Å²) in [4.78, 5) is 28.7. The molecule has 0 atom stereocenters. The minimum absolute atomic E-state index is 0.158. The fourth-order valence-corrected chi connectivity index (χ4v) is 2.96. The number of hydrogen-bond donors (Lipinski definition) is 2. The summed E-state index contributed by atoms with van der Waals surface area (Å²) < 4.78 is 1.84. The number of aryl methyl sites for hydroxylation is 1. The maximum absolute atomic E-state index is 12.8. The van der Waals surface area contributed by atoms with Crippen LogP contribution >= 0.6 is 0 Å². The normalized spacial score (nSPS) is 11.0. The second kappa shape index (κ2) is 7.19. The third-order valence-electron chi connectivity index (χ3n) is 4.39. The van der Waals surface area contributed by atoms with Crippen LogP contribution in [0.25, 0.3) is 11.0 Å². The van der Waals surface area contributed by atoms with E-state index in [2.05, 4.69) is 20.7 Å². The van der Waals surface area contributed by atoms with Gasteiger partial charge in [0.05, 0.1) is 17.5 Å². The highest BCUT2D eigenvalue weighted by molar-refractivity contribution is 6.07. The van der Waals surface area contributed by atoms with Crippen molar-refractivity contribution in [2.45, 2.75) is 40.7 Å². The summed E-state index contributed by atoms with van der Waals surface area (Å²) >= 11 is 0. The van der Waals surface area contributed by atoms with Crippen LogP contribution in [-0.4, -0.2) is 26.6 Å². The number of hydrogen-bond acceptors (Lipinski definition) is 4. The molecule has 0 unspecified atom stereocenters. The van der Waals surface area contributed by atoms with Gasteiger partial charge in [-0.3, -0.25) is 9.59 Å². The molecular formula is C20H23N5O2. The number of anilines is 2. The third-order valence-corrected chi connectivity index (χ3v) is 4.39. The van der Waals surface area contributed by atoms with E-state index in [4.69, 9.17) is 0 Å². The van der Waals surface area contributed by atoms with Crippen LogP contribution in [0.3, 0.4) is 0 Å². The Morgan fingerprint density at radius 1 is 1.11 bits per heavy atom. The molecule has 0 radical (unpaired) electrons. The maximum atomic E-state index is 12.8. The lowest BCUT2D eigenvalue weighted by atomic mass is 10.1. The minimum Gasteiger partial charge on any atom is -0.326 e. The smallest absolute Gasteiger partial charge is 0.257 e. The molecule has 0 saturated carbocycles. The van der Waals surface area contributed by atoms with Crippen LogP contribution in [0.15, 0.2) is 30.5 Å². The van der Waals surface area contributed by atoms with Crippen molar-refractivity contribution in [1.82, 2.24) is 14.8 Å². The summed E-state index contributed by atoms with van der Waals surface area (Å²) in [6.07, 6.45) is 1.72. The molecule has 0 aliphatic rings. The summed E-state index contributed by atoms with van der Waals surface area (Å²) in [7, 11) is 0. The topological polar surface area (TPSA) is 88.9 Å². The van der Waals surface area contributed by atoms with Gasteiger partial charge in [0.2, 0.25) is 5.91 Å². The number of carbonyl (C=O) groups is 2. The first-order valence-electron chi connectivity index (χ1n) is 8.81. The molecule has 0 bridgehead atoms. The van der Waals surface area contributed by atoms with Crippen LogP contribution in [0, 0.1) is 13.8 Å². The standard InChI is InChI=1S/C20H23N5O2/c1-11(2)25-19-15(10-21-25)9-16(13(4)22-19)20(27)24-18-8-6-7-17(12(18)3)23-14(5)26/h6-11H,1-5H3,(H,23,26)(H,24,27). The Labute approximate surface area is 157 Å². The molecule has 0 aliphatic carbocycles. The van der Waals surface area contributed by atoms with Gasteiger partial charge in [-0.25, -0.2) is 9.67 Å². The number of nitrogens with one attached hydrogen (secondary N) is 2. The van der Waals surface area contributed by atoms with Crippen molar-refractivity contribution >= 4 is 34.2 Å². The Morgan fingerprint density at radius 2 is 1.78 bits per heavy atom. The minimum atomic E-state index is -0.248. The molecule has 27 heavy (non-hydrogen) atoms.